The molecule has 1 aromatic heterocycles. The van der Waals surface area contributed by atoms with Crippen LogP contribution in [-0.4, -0.2) is 42.2 Å². The highest BCUT2D eigenvalue weighted by Gasteiger charge is 2.16. The van der Waals surface area contributed by atoms with Gasteiger partial charge >= 0.3 is 5.97 Å². The maximum atomic E-state index is 11.0. The summed E-state index contributed by atoms with van der Waals surface area (Å²) in [4.78, 5) is 19.7. The molecular weight excluding hydrogens is 254 g/mol. The molecule has 0 aliphatic rings. The van der Waals surface area contributed by atoms with Gasteiger partial charge in [-0.2, -0.15) is 0 Å². The number of hydrogen-bond acceptors (Lipinski definition) is 4. The Morgan fingerprint density at radius 3 is 2.20 bits per heavy atom. The fourth-order valence-electron chi connectivity index (χ4n) is 2.13. The van der Waals surface area contributed by atoms with Gasteiger partial charge in [-0.25, -0.2) is 4.98 Å². The molecule has 1 rings (SSSR count). The molecule has 112 valence electrons. The van der Waals surface area contributed by atoms with Crippen molar-refractivity contribution in [3.8, 4) is 0 Å². The lowest BCUT2D eigenvalue weighted by Gasteiger charge is -2.26. The number of carboxylic acids is 1. The van der Waals surface area contributed by atoms with E-state index in [9.17, 15) is 4.79 Å². The van der Waals surface area contributed by atoms with E-state index in [2.05, 4.69) is 23.7 Å². The summed E-state index contributed by atoms with van der Waals surface area (Å²) in [6.07, 6.45) is 1.83. The molecule has 0 aromatic carbocycles. The third-order valence-electron chi connectivity index (χ3n) is 3.48. The lowest BCUT2D eigenvalue weighted by atomic mass is 10.1. The molecule has 1 atom stereocenters. The number of pyridine rings is 1. The maximum absolute atomic E-state index is 11.0. The monoisotopic (exact) mass is 279 g/mol. The molecule has 1 unspecified atom stereocenters. The number of rotatable bonds is 8. The molecule has 20 heavy (non-hydrogen) atoms. The second-order valence-corrected chi connectivity index (χ2v) is 4.82. The van der Waals surface area contributed by atoms with Crippen molar-refractivity contribution in [3.63, 3.8) is 0 Å². The van der Waals surface area contributed by atoms with Gasteiger partial charge in [-0.3, -0.25) is 4.79 Å². The Bertz CT molecular complexity index is 416. The molecule has 5 heteroatoms. The van der Waals surface area contributed by atoms with E-state index in [1.165, 1.54) is 0 Å². The number of anilines is 2. The number of aliphatic carboxylic acids is 1. The van der Waals surface area contributed by atoms with Crippen LogP contribution in [0.25, 0.3) is 0 Å². The third kappa shape index (κ3) is 4.11. The van der Waals surface area contributed by atoms with Crippen molar-refractivity contribution in [2.24, 2.45) is 5.92 Å². The molecule has 0 spiro atoms. The van der Waals surface area contributed by atoms with Gasteiger partial charge < -0.3 is 14.9 Å². The predicted molar refractivity (Wildman–Crippen MR) is 82.5 cm³/mol. The predicted octanol–water partition coefficient (Wildman–Crippen LogP) is 2.47. The molecule has 0 fully saturated rings. The molecule has 0 bridgehead atoms. The normalized spacial score (nSPS) is 12.0. The fraction of sp³-hybridized carbons (Fsp3) is 0.600. The average Bonchev–Trinajstić information content (AvgIpc) is 2.46. The van der Waals surface area contributed by atoms with Crippen molar-refractivity contribution in [2.45, 2.75) is 27.7 Å². The molecular formula is C15H25N3O2. The van der Waals surface area contributed by atoms with Gasteiger partial charge in [0, 0.05) is 26.2 Å². The van der Waals surface area contributed by atoms with E-state index in [-0.39, 0.29) is 0 Å². The molecule has 1 aromatic rings. The Labute approximate surface area is 121 Å². The van der Waals surface area contributed by atoms with Crippen molar-refractivity contribution >= 4 is 17.5 Å². The molecule has 0 aliphatic heterocycles. The number of carboxylic acid groups (broad SMARTS) is 1. The van der Waals surface area contributed by atoms with Crippen LogP contribution in [0.4, 0.5) is 11.5 Å². The SMILES string of the molecule is CCN(CC(C)C(=O)O)c1ccc(N(CC)CC)nc1. The van der Waals surface area contributed by atoms with Gasteiger partial charge in [0.2, 0.25) is 0 Å². The van der Waals surface area contributed by atoms with Gasteiger partial charge in [0.1, 0.15) is 5.82 Å². The minimum atomic E-state index is -0.767. The second-order valence-electron chi connectivity index (χ2n) is 4.82. The van der Waals surface area contributed by atoms with Crippen LogP contribution >= 0.6 is 0 Å². The van der Waals surface area contributed by atoms with Crippen molar-refractivity contribution in [2.75, 3.05) is 36.0 Å². The molecule has 5 nitrogen and oxygen atoms in total. The molecule has 0 saturated carbocycles. The Morgan fingerprint density at radius 2 is 1.80 bits per heavy atom. The molecule has 0 saturated heterocycles. The van der Waals surface area contributed by atoms with E-state index in [1.807, 2.05) is 30.2 Å². The first-order valence-electron chi connectivity index (χ1n) is 7.22. The fourth-order valence-corrected chi connectivity index (χ4v) is 2.13. The van der Waals surface area contributed by atoms with Gasteiger partial charge in [-0.05, 0) is 32.9 Å². The molecule has 1 N–H and O–H groups in total. The van der Waals surface area contributed by atoms with Crippen molar-refractivity contribution in [3.05, 3.63) is 18.3 Å². The van der Waals surface area contributed by atoms with Gasteiger partial charge in [0.05, 0.1) is 17.8 Å². The Morgan fingerprint density at radius 1 is 1.20 bits per heavy atom. The van der Waals surface area contributed by atoms with Crippen LogP contribution in [0, 0.1) is 5.92 Å². The quantitative estimate of drug-likeness (QED) is 0.792. The topological polar surface area (TPSA) is 56.7 Å². The van der Waals surface area contributed by atoms with Crippen molar-refractivity contribution in [1.29, 1.82) is 0 Å². The first-order valence-corrected chi connectivity index (χ1v) is 7.22. The van der Waals surface area contributed by atoms with E-state index in [0.717, 1.165) is 31.1 Å². The zero-order valence-corrected chi connectivity index (χ0v) is 12.8. The smallest absolute Gasteiger partial charge is 0.308 e. The van der Waals surface area contributed by atoms with Crippen LogP contribution in [0.3, 0.4) is 0 Å². The largest absolute Gasteiger partial charge is 0.481 e. The summed E-state index contributed by atoms with van der Waals surface area (Å²) in [5.74, 6) is -0.199. The number of hydrogen-bond donors (Lipinski definition) is 1. The van der Waals surface area contributed by atoms with E-state index in [4.69, 9.17) is 5.11 Å². The highest BCUT2D eigenvalue weighted by molar-refractivity contribution is 5.70. The number of carbonyl (C=O) groups is 1. The van der Waals surface area contributed by atoms with Crippen LogP contribution in [0.2, 0.25) is 0 Å². The third-order valence-corrected chi connectivity index (χ3v) is 3.48. The summed E-state index contributed by atoms with van der Waals surface area (Å²) in [6, 6.07) is 4.01. The van der Waals surface area contributed by atoms with Crippen LogP contribution in [0.5, 0.6) is 0 Å². The van der Waals surface area contributed by atoms with Gasteiger partial charge in [-0.15, -0.1) is 0 Å². The molecule has 0 aliphatic carbocycles. The summed E-state index contributed by atoms with van der Waals surface area (Å²) in [6.45, 7) is 11.1. The van der Waals surface area contributed by atoms with Crippen LogP contribution in [0.1, 0.15) is 27.7 Å². The lowest BCUT2D eigenvalue weighted by Crippen LogP contribution is -2.32. The zero-order chi connectivity index (χ0) is 15.1. The molecule has 0 amide bonds. The molecule has 1 heterocycles. The molecule has 0 radical (unpaired) electrons. The highest BCUT2D eigenvalue weighted by atomic mass is 16.4. The average molecular weight is 279 g/mol. The summed E-state index contributed by atoms with van der Waals surface area (Å²) < 4.78 is 0. The number of aromatic nitrogens is 1. The second kappa shape index (κ2) is 7.72. The van der Waals surface area contributed by atoms with Crippen LogP contribution < -0.4 is 9.80 Å². The van der Waals surface area contributed by atoms with E-state index >= 15 is 0 Å². The van der Waals surface area contributed by atoms with Crippen LogP contribution in [-0.2, 0) is 4.79 Å². The first-order chi connectivity index (χ1) is 9.53. The minimum absolute atomic E-state index is 0.391. The van der Waals surface area contributed by atoms with Crippen molar-refractivity contribution < 1.29 is 9.90 Å². The van der Waals surface area contributed by atoms with Gasteiger partial charge in [0.25, 0.3) is 0 Å². The van der Waals surface area contributed by atoms with E-state index in [0.29, 0.717) is 6.54 Å². The zero-order valence-electron chi connectivity index (χ0n) is 12.8. The standard InChI is InChI=1S/C15H25N3O2/c1-5-17(6-2)14-9-8-13(10-16-14)18(7-3)11-12(4)15(19)20/h8-10,12H,5-7,11H2,1-4H3,(H,19,20). The number of nitrogens with zero attached hydrogens (tertiary/aromatic N) is 3. The van der Waals surface area contributed by atoms with E-state index in [1.54, 1.807) is 6.92 Å². The summed E-state index contributed by atoms with van der Waals surface area (Å²) in [7, 11) is 0. The van der Waals surface area contributed by atoms with Gasteiger partial charge in [-0.1, -0.05) is 6.92 Å². The van der Waals surface area contributed by atoms with Crippen LogP contribution in [0.15, 0.2) is 18.3 Å². The Kier molecular flexibility index (Phi) is 6.28. The first kappa shape index (κ1) is 16.3. The lowest BCUT2D eigenvalue weighted by molar-refractivity contribution is -0.140. The van der Waals surface area contributed by atoms with Crippen molar-refractivity contribution in [1.82, 2.24) is 4.98 Å². The summed E-state index contributed by atoms with van der Waals surface area (Å²) in [5.41, 5.74) is 0.969. The summed E-state index contributed by atoms with van der Waals surface area (Å²) >= 11 is 0. The maximum Gasteiger partial charge on any atom is 0.308 e. The Hall–Kier alpha value is -1.78. The highest BCUT2D eigenvalue weighted by Crippen LogP contribution is 2.18. The Balaban J connectivity index is 2.81. The summed E-state index contributed by atoms with van der Waals surface area (Å²) in [5, 5.41) is 9.01. The van der Waals surface area contributed by atoms with Gasteiger partial charge in [0.15, 0.2) is 0 Å². The minimum Gasteiger partial charge on any atom is -0.481 e. The van der Waals surface area contributed by atoms with E-state index < -0.39 is 11.9 Å².